The summed E-state index contributed by atoms with van der Waals surface area (Å²) in [5, 5.41) is 11.3. The largest absolute Gasteiger partial charge is 0.497 e. The molecule has 0 aliphatic heterocycles. The van der Waals surface area contributed by atoms with E-state index in [4.69, 9.17) is 14.6 Å². The average Bonchev–Trinajstić information content (AvgIpc) is 2.55. The van der Waals surface area contributed by atoms with E-state index in [2.05, 4.69) is 5.32 Å². The first-order valence-electron chi connectivity index (χ1n) is 7.87. The number of amides is 1. The Hall–Kier alpha value is -2.24. The van der Waals surface area contributed by atoms with Crippen molar-refractivity contribution in [2.45, 2.75) is 38.5 Å². The number of carbonyl (C=O) groups excluding carboxylic acids is 1. The zero-order chi connectivity index (χ0) is 16.9. The number of benzene rings is 1. The lowest BCUT2D eigenvalue weighted by molar-refractivity contribution is -0.137. The Balaban J connectivity index is 2.00. The van der Waals surface area contributed by atoms with E-state index >= 15 is 0 Å². The molecular weight excluding hydrogens is 298 g/mol. The van der Waals surface area contributed by atoms with E-state index in [-0.39, 0.29) is 12.3 Å². The first-order chi connectivity index (χ1) is 11.1. The fraction of sp³-hybridized carbons (Fsp3) is 0.529. The highest BCUT2D eigenvalue weighted by atomic mass is 16.5. The highest BCUT2D eigenvalue weighted by molar-refractivity contribution is 5.75. The topological polar surface area (TPSA) is 84.9 Å². The second-order valence-corrected chi connectivity index (χ2v) is 5.18. The molecule has 23 heavy (non-hydrogen) atoms. The Kier molecular flexibility index (Phi) is 9.28. The van der Waals surface area contributed by atoms with Gasteiger partial charge in [-0.1, -0.05) is 6.42 Å². The lowest BCUT2D eigenvalue weighted by Crippen LogP contribution is -2.24. The lowest BCUT2D eigenvalue weighted by Gasteiger charge is -2.07. The normalized spacial score (nSPS) is 10.1. The second-order valence-electron chi connectivity index (χ2n) is 5.18. The average molecular weight is 323 g/mol. The van der Waals surface area contributed by atoms with Gasteiger partial charge in [0.25, 0.3) is 0 Å². The highest BCUT2D eigenvalue weighted by Crippen LogP contribution is 2.17. The molecule has 0 bridgehead atoms. The van der Waals surface area contributed by atoms with Crippen LogP contribution in [0.4, 0.5) is 0 Å². The monoisotopic (exact) mass is 323 g/mol. The summed E-state index contributed by atoms with van der Waals surface area (Å²) in [6, 6.07) is 7.31. The number of carboxylic acids is 1. The van der Waals surface area contributed by atoms with Crippen LogP contribution in [0.25, 0.3) is 0 Å². The van der Waals surface area contributed by atoms with Crippen molar-refractivity contribution in [3.05, 3.63) is 24.3 Å². The number of hydrogen-bond donors (Lipinski definition) is 2. The van der Waals surface area contributed by atoms with Gasteiger partial charge in [0, 0.05) is 19.4 Å². The quantitative estimate of drug-likeness (QED) is 0.578. The maximum atomic E-state index is 11.6. The Morgan fingerprint density at radius 1 is 1.00 bits per heavy atom. The van der Waals surface area contributed by atoms with Gasteiger partial charge in [0.2, 0.25) is 5.91 Å². The van der Waals surface area contributed by atoms with Crippen LogP contribution >= 0.6 is 0 Å². The third-order valence-corrected chi connectivity index (χ3v) is 3.27. The molecule has 0 saturated heterocycles. The van der Waals surface area contributed by atoms with E-state index < -0.39 is 5.97 Å². The number of ether oxygens (including phenoxy) is 2. The van der Waals surface area contributed by atoms with Gasteiger partial charge in [-0.3, -0.25) is 9.59 Å². The molecule has 0 spiro atoms. The predicted molar refractivity (Wildman–Crippen MR) is 86.8 cm³/mol. The van der Waals surface area contributed by atoms with Gasteiger partial charge in [-0.15, -0.1) is 0 Å². The van der Waals surface area contributed by atoms with E-state index in [9.17, 15) is 9.59 Å². The fourth-order valence-corrected chi connectivity index (χ4v) is 1.99. The summed E-state index contributed by atoms with van der Waals surface area (Å²) in [4.78, 5) is 21.9. The molecule has 0 fully saturated rings. The molecule has 0 heterocycles. The Morgan fingerprint density at radius 3 is 2.35 bits per heavy atom. The zero-order valence-electron chi connectivity index (χ0n) is 13.5. The van der Waals surface area contributed by atoms with E-state index in [0.717, 1.165) is 24.3 Å². The zero-order valence-corrected chi connectivity index (χ0v) is 13.5. The van der Waals surface area contributed by atoms with Crippen LogP contribution in [0.2, 0.25) is 0 Å². The number of nitrogens with one attached hydrogen (secondary N) is 1. The number of unbranched alkanes of at least 4 members (excludes halogenated alkanes) is 2. The molecule has 0 saturated carbocycles. The molecule has 6 nitrogen and oxygen atoms in total. The predicted octanol–water partition coefficient (Wildman–Crippen LogP) is 2.62. The number of rotatable bonds is 12. The van der Waals surface area contributed by atoms with Gasteiger partial charge in [0.1, 0.15) is 11.5 Å². The molecule has 1 aromatic carbocycles. The van der Waals surface area contributed by atoms with Crippen molar-refractivity contribution in [2.75, 3.05) is 20.3 Å². The van der Waals surface area contributed by atoms with E-state index in [0.29, 0.717) is 32.4 Å². The van der Waals surface area contributed by atoms with Gasteiger partial charge in [-0.05, 0) is 43.5 Å². The van der Waals surface area contributed by atoms with Crippen LogP contribution in [0.5, 0.6) is 11.5 Å². The summed E-state index contributed by atoms with van der Waals surface area (Å²) >= 11 is 0. The van der Waals surface area contributed by atoms with Gasteiger partial charge < -0.3 is 19.9 Å². The molecule has 1 rings (SSSR count). The first kappa shape index (κ1) is 18.8. The van der Waals surface area contributed by atoms with Gasteiger partial charge >= 0.3 is 5.97 Å². The van der Waals surface area contributed by atoms with Crippen molar-refractivity contribution in [3.63, 3.8) is 0 Å². The van der Waals surface area contributed by atoms with Crippen molar-refractivity contribution in [1.29, 1.82) is 0 Å². The molecule has 0 unspecified atom stereocenters. The maximum absolute atomic E-state index is 11.6. The molecule has 1 aromatic rings. The molecule has 0 radical (unpaired) electrons. The number of carboxylic acid groups (broad SMARTS) is 1. The van der Waals surface area contributed by atoms with Crippen molar-refractivity contribution in [1.82, 2.24) is 5.32 Å². The molecule has 128 valence electrons. The van der Waals surface area contributed by atoms with Crippen molar-refractivity contribution < 1.29 is 24.2 Å². The third-order valence-electron chi connectivity index (χ3n) is 3.27. The molecule has 6 heteroatoms. The Labute approximate surface area is 136 Å². The van der Waals surface area contributed by atoms with Crippen LogP contribution in [-0.4, -0.2) is 37.2 Å². The number of carbonyl (C=O) groups is 2. The minimum absolute atomic E-state index is 0.00145. The summed E-state index contributed by atoms with van der Waals surface area (Å²) in [6.45, 7) is 1.08. The van der Waals surface area contributed by atoms with Gasteiger partial charge in [0.15, 0.2) is 0 Å². The summed E-state index contributed by atoms with van der Waals surface area (Å²) < 4.78 is 10.6. The van der Waals surface area contributed by atoms with Gasteiger partial charge in [0.05, 0.1) is 13.7 Å². The summed E-state index contributed by atoms with van der Waals surface area (Å²) in [5.74, 6) is 0.761. The Bertz CT molecular complexity index is 472. The fourth-order valence-electron chi connectivity index (χ4n) is 1.99. The second kappa shape index (κ2) is 11.3. The minimum atomic E-state index is -0.772. The van der Waals surface area contributed by atoms with E-state index in [1.807, 2.05) is 24.3 Å². The summed E-state index contributed by atoms with van der Waals surface area (Å²) in [6.07, 6.45) is 3.54. The SMILES string of the molecule is COc1ccc(OCCCC(=O)NCCCCCC(=O)O)cc1. The molecule has 0 aliphatic carbocycles. The van der Waals surface area contributed by atoms with Crippen LogP contribution in [0.1, 0.15) is 38.5 Å². The molecule has 2 N–H and O–H groups in total. The standard InChI is InChI=1S/C17H25NO5/c1-22-14-8-10-15(11-9-14)23-13-5-6-16(19)18-12-4-2-3-7-17(20)21/h8-11H,2-7,12-13H2,1H3,(H,18,19)(H,20,21). The lowest BCUT2D eigenvalue weighted by atomic mass is 10.2. The van der Waals surface area contributed by atoms with Crippen molar-refractivity contribution in [3.8, 4) is 11.5 Å². The van der Waals surface area contributed by atoms with Gasteiger partial charge in [-0.25, -0.2) is 0 Å². The van der Waals surface area contributed by atoms with Crippen LogP contribution in [0.15, 0.2) is 24.3 Å². The molecular formula is C17H25NO5. The van der Waals surface area contributed by atoms with E-state index in [1.54, 1.807) is 7.11 Å². The molecule has 1 amide bonds. The summed E-state index contributed by atoms with van der Waals surface area (Å²) in [7, 11) is 1.61. The third kappa shape index (κ3) is 9.39. The van der Waals surface area contributed by atoms with Crippen LogP contribution in [-0.2, 0) is 9.59 Å². The van der Waals surface area contributed by atoms with Crippen LogP contribution in [0.3, 0.4) is 0 Å². The number of hydrogen-bond acceptors (Lipinski definition) is 4. The van der Waals surface area contributed by atoms with Crippen molar-refractivity contribution in [2.24, 2.45) is 0 Å². The van der Waals surface area contributed by atoms with E-state index in [1.165, 1.54) is 0 Å². The smallest absolute Gasteiger partial charge is 0.303 e. The first-order valence-corrected chi connectivity index (χ1v) is 7.87. The number of aliphatic carboxylic acids is 1. The van der Waals surface area contributed by atoms with Crippen LogP contribution in [0, 0.1) is 0 Å². The Morgan fingerprint density at radius 2 is 1.70 bits per heavy atom. The summed E-state index contributed by atoms with van der Waals surface area (Å²) in [5.41, 5.74) is 0. The minimum Gasteiger partial charge on any atom is -0.497 e. The van der Waals surface area contributed by atoms with Crippen LogP contribution < -0.4 is 14.8 Å². The molecule has 0 aliphatic rings. The highest BCUT2D eigenvalue weighted by Gasteiger charge is 2.02. The maximum Gasteiger partial charge on any atom is 0.303 e. The molecule has 0 aromatic heterocycles. The van der Waals surface area contributed by atoms with Gasteiger partial charge in [-0.2, -0.15) is 0 Å². The van der Waals surface area contributed by atoms with Crippen molar-refractivity contribution >= 4 is 11.9 Å². The number of methoxy groups -OCH3 is 1. The molecule has 0 atom stereocenters.